The van der Waals surface area contributed by atoms with E-state index in [1.807, 2.05) is 12.3 Å². The van der Waals surface area contributed by atoms with Crippen LogP contribution in [0.4, 0.5) is 0 Å². The van der Waals surface area contributed by atoms with Gasteiger partial charge in [0.2, 0.25) is 5.89 Å². The third-order valence-electron chi connectivity index (χ3n) is 3.56. The number of rotatable bonds is 3. The van der Waals surface area contributed by atoms with Gasteiger partial charge in [0.15, 0.2) is 5.82 Å². The topological polar surface area (TPSA) is 63.8 Å². The summed E-state index contributed by atoms with van der Waals surface area (Å²) in [5, 5.41) is 10.6. The van der Waals surface area contributed by atoms with E-state index in [1.165, 1.54) is 0 Å². The van der Waals surface area contributed by atoms with Crippen LogP contribution in [0.25, 0.3) is 0 Å². The lowest BCUT2D eigenvalue weighted by Crippen LogP contribution is -2.41. The maximum atomic E-state index is 5.46. The zero-order valence-corrected chi connectivity index (χ0v) is 12.1. The van der Waals surface area contributed by atoms with E-state index in [0.717, 1.165) is 48.3 Å². The van der Waals surface area contributed by atoms with Crippen LogP contribution < -0.4 is 5.32 Å². The van der Waals surface area contributed by atoms with E-state index >= 15 is 0 Å². The molecule has 0 radical (unpaired) electrons. The Bertz CT molecular complexity index is 556. The van der Waals surface area contributed by atoms with Gasteiger partial charge < -0.3 is 9.84 Å². The number of piperidine rings is 1. The van der Waals surface area contributed by atoms with Crippen molar-refractivity contribution in [2.75, 3.05) is 13.1 Å². The second-order valence-corrected chi connectivity index (χ2v) is 6.36. The molecule has 0 aromatic carbocycles. The summed E-state index contributed by atoms with van der Waals surface area (Å²) >= 11 is 1.64. The van der Waals surface area contributed by atoms with Crippen LogP contribution in [0.3, 0.4) is 0 Å². The van der Waals surface area contributed by atoms with Crippen molar-refractivity contribution in [1.29, 1.82) is 0 Å². The Labute approximate surface area is 116 Å². The Morgan fingerprint density at radius 2 is 2.37 bits per heavy atom. The number of aromatic nitrogens is 3. The lowest BCUT2D eigenvalue weighted by molar-refractivity contribution is 0.245. The molecule has 1 aliphatic heterocycles. The monoisotopic (exact) mass is 278 g/mol. The molecule has 19 heavy (non-hydrogen) atoms. The normalized spacial score (nSPS) is 23.7. The van der Waals surface area contributed by atoms with E-state index in [9.17, 15) is 0 Å². The molecule has 3 heterocycles. The molecule has 2 aromatic heterocycles. The van der Waals surface area contributed by atoms with E-state index in [0.29, 0.717) is 6.42 Å². The van der Waals surface area contributed by atoms with E-state index in [4.69, 9.17) is 4.52 Å². The third-order valence-corrected chi connectivity index (χ3v) is 4.52. The Kier molecular flexibility index (Phi) is 3.36. The van der Waals surface area contributed by atoms with Crippen molar-refractivity contribution >= 4 is 11.3 Å². The summed E-state index contributed by atoms with van der Waals surface area (Å²) in [5.41, 5.74) is 1.02. The molecule has 102 valence electrons. The lowest BCUT2D eigenvalue weighted by atomic mass is 9.83. The molecule has 6 heteroatoms. The number of nitrogens with zero attached hydrogens (tertiary/aromatic N) is 3. The summed E-state index contributed by atoms with van der Waals surface area (Å²) in [7, 11) is 0. The van der Waals surface area contributed by atoms with Gasteiger partial charge in [-0.05, 0) is 33.2 Å². The molecule has 1 N–H and O–H groups in total. The average molecular weight is 278 g/mol. The standard InChI is InChI=1S/C13H18N4OS/c1-9-7-19-11(15-9)6-10-16-12(18-17-10)13(2)4-3-5-14-8-13/h7,14H,3-6,8H2,1-2H3. The van der Waals surface area contributed by atoms with Crippen LogP contribution in [0.15, 0.2) is 9.90 Å². The highest BCUT2D eigenvalue weighted by molar-refractivity contribution is 7.09. The first-order valence-electron chi connectivity index (χ1n) is 6.60. The van der Waals surface area contributed by atoms with Gasteiger partial charge in [-0.2, -0.15) is 4.98 Å². The average Bonchev–Trinajstić information content (AvgIpc) is 3.01. The number of aryl methyl sites for hydroxylation is 1. The van der Waals surface area contributed by atoms with Gasteiger partial charge in [0.25, 0.3) is 0 Å². The highest BCUT2D eigenvalue weighted by Crippen LogP contribution is 2.29. The molecule has 1 unspecified atom stereocenters. The van der Waals surface area contributed by atoms with Gasteiger partial charge in [-0.3, -0.25) is 0 Å². The maximum absolute atomic E-state index is 5.46. The molecule has 1 aliphatic rings. The zero-order chi connectivity index (χ0) is 13.3. The van der Waals surface area contributed by atoms with Crippen molar-refractivity contribution < 1.29 is 4.52 Å². The fourth-order valence-corrected chi connectivity index (χ4v) is 3.20. The van der Waals surface area contributed by atoms with Crippen LogP contribution in [-0.2, 0) is 11.8 Å². The molecule has 0 spiro atoms. The molecule has 1 fully saturated rings. The van der Waals surface area contributed by atoms with Gasteiger partial charge in [0, 0.05) is 17.6 Å². The van der Waals surface area contributed by atoms with Crippen LogP contribution in [-0.4, -0.2) is 28.2 Å². The molecular weight excluding hydrogens is 260 g/mol. The summed E-state index contributed by atoms with van der Waals surface area (Å²) in [5.74, 6) is 1.49. The molecular formula is C13H18N4OS. The van der Waals surface area contributed by atoms with Crippen LogP contribution in [0.2, 0.25) is 0 Å². The van der Waals surface area contributed by atoms with Crippen molar-refractivity contribution in [3.63, 3.8) is 0 Å². The zero-order valence-electron chi connectivity index (χ0n) is 11.3. The van der Waals surface area contributed by atoms with Crippen molar-refractivity contribution in [3.05, 3.63) is 27.8 Å². The Morgan fingerprint density at radius 1 is 1.47 bits per heavy atom. The Morgan fingerprint density at radius 3 is 3.05 bits per heavy atom. The lowest BCUT2D eigenvalue weighted by Gasteiger charge is -2.30. The Hall–Kier alpha value is -1.27. The van der Waals surface area contributed by atoms with Crippen LogP contribution in [0, 0.1) is 6.92 Å². The predicted molar refractivity (Wildman–Crippen MR) is 73.4 cm³/mol. The van der Waals surface area contributed by atoms with E-state index in [1.54, 1.807) is 11.3 Å². The second-order valence-electron chi connectivity index (χ2n) is 5.42. The van der Waals surface area contributed by atoms with E-state index in [2.05, 4.69) is 27.4 Å². The molecule has 0 bridgehead atoms. The van der Waals surface area contributed by atoms with Crippen LogP contribution in [0.5, 0.6) is 0 Å². The van der Waals surface area contributed by atoms with Crippen molar-refractivity contribution in [2.24, 2.45) is 0 Å². The summed E-state index contributed by atoms with van der Waals surface area (Å²) in [6, 6.07) is 0. The van der Waals surface area contributed by atoms with Gasteiger partial charge in [-0.25, -0.2) is 4.98 Å². The Balaban J connectivity index is 1.75. The summed E-state index contributed by atoms with van der Waals surface area (Å²) in [4.78, 5) is 8.99. The smallest absolute Gasteiger partial charge is 0.233 e. The third kappa shape index (κ3) is 2.69. The molecule has 1 atom stereocenters. The summed E-state index contributed by atoms with van der Waals surface area (Å²) in [6.07, 6.45) is 2.91. The highest BCUT2D eigenvalue weighted by atomic mass is 32.1. The van der Waals surface area contributed by atoms with Crippen LogP contribution >= 0.6 is 11.3 Å². The predicted octanol–water partition coefficient (Wildman–Crippen LogP) is 2.07. The van der Waals surface area contributed by atoms with Gasteiger partial charge >= 0.3 is 0 Å². The first-order chi connectivity index (χ1) is 9.16. The molecule has 1 saturated heterocycles. The van der Waals surface area contributed by atoms with E-state index < -0.39 is 0 Å². The fraction of sp³-hybridized carbons (Fsp3) is 0.615. The number of nitrogens with one attached hydrogen (secondary N) is 1. The molecule has 0 amide bonds. The van der Waals surface area contributed by atoms with E-state index in [-0.39, 0.29) is 5.41 Å². The minimum Gasteiger partial charge on any atom is -0.339 e. The molecule has 5 nitrogen and oxygen atoms in total. The number of thiazole rings is 1. The van der Waals surface area contributed by atoms with Crippen molar-refractivity contribution in [3.8, 4) is 0 Å². The number of hydrogen-bond donors (Lipinski definition) is 1. The van der Waals surface area contributed by atoms with Crippen LogP contribution in [0.1, 0.15) is 42.2 Å². The number of hydrogen-bond acceptors (Lipinski definition) is 6. The summed E-state index contributed by atoms with van der Waals surface area (Å²) in [6.45, 7) is 6.17. The second kappa shape index (κ2) is 5.02. The van der Waals surface area contributed by atoms with Crippen molar-refractivity contribution in [1.82, 2.24) is 20.4 Å². The largest absolute Gasteiger partial charge is 0.339 e. The van der Waals surface area contributed by atoms with Gasteiger partial charge in [-0.1, -0.05) is 5.16 Å². The quantitative estimate of drug-likeness (QED) is 0.931. The first-order valence-corrected chi connectivity index (χ1v) is 7.48. The van der Waals surface area contributed by atoms with Crippen molar-refractivity contribution in [2.45, 2.75) is 38.5 Å². The molecule has 3 rings (SSSR count). The SMILES string of the molecule is Cc1csc(Cc2noc(C3(C)CCCNC3)n2)n1. The van der Waals surface area contributed by atoms with Gasteiger partial charge in [-0.15, -0.1) is 11.3 Å². The molecule has 2 aromatic rings. The highest BCUT2D eigenvalue weighted by Gasteiger charge is 2.34. The minimum absolute atomic E-state index is 0.0255. The van der Waals surface area contributed by atoms with Gasteiger partial charge in [0.1, 0.15) is 5.01 Å². The maximum Gasteiger partial charge on any atom is 0.233 e. The first kappa shape index (κ1) is 12.7. The minimum atomic E-state index is -0.0255. The fourth-order valence-electron chi connectivity index (χ4n) is 2.43. The van der Waals surface area contributed by atoms with Gasteiger partial charge in [0.05, 0.1) is 11.8 Å². The molecule has 0 aliphatic carbocycles. The molecule has 0 saturated carbocycles. The summed E-state index contributed by atoms with van der Waals surface area (Å²) < 4.78 is 5.46.